The molecule has 1 aromatic heterocycles. The zero-order valence-corrected chi connectivity index (χ0v) is 13.5. The number of fused-ring (bicyclic) bond motifs is 1. The van der Waals surface area contributed by atoms with Crippen LogP contribution in [0.4, 0.5) is 0 Å². The Bertz CT molecular complexity index is 531. The van der Waals surface area contributed by atoms with Crippen LogP contribution in [0.5, 0.6) is 0 Å². The van der Waals surface area contributed by atoms with E-state index in [0.717, 1.165) is 38.3 Å². The van der Waals surface area contributed by atoms with E-state index in [9.17, 15) is 0 Å². The topological polar surface area (TPSA) is 50.3 Å². The van der Waals surface area contributed by atoms with E-state index >= 15 is 0 Å². The van der Waals surface area contributed by atoms with Gasteiger partial charge in [-0.1, -0.05) is 11.6 Å². The van der Waals surface area contributed by atoms with Gasteiger partial charge in [-0.2, -0.15) is 0 Å². The van der Waals surface area contributed by atoms with E-state index in [0.29, 0.717) is 6.04 Å². The van der Waals surface area contributed by atoms with Crippen LogP contribution in [0.2, 0.25) is 0 Å². The van der Waals surface area contributed by atoms with Crippen molar-refractivity contribution in [3.8, 4) is 0 Å². The van der Waals surface area contributed by atoms with E-state index in [4.69, 9.17) is 5.73 Å². The van der Waals surface area contributed by atoms with Gasteiger partial charge < -0.3 is 15.2 Å². The summed E-state index contributed by atoms with van der Waals surface area (Å²) in [6.07, 6.45) is 13.6. The molecular weight excluding hydrogens is 274 g/mol. The smallest absolute Gasteiger partial charge is 0.0946 e. The maximum Gasteiger partial charge on any atom is 0.0946 e. The molecule has 1 fully saturated rings. The number of rotatable bonds is 6. The molecule has 0 aromatic carbocycles. The molecular formula is C17H27N5. The van der Waals surface area contributed by atoms with E-state index in [2.05, 4.69) is 38.6 Å². The largest absolute Gasteiger partial charge is 0.402 e. The lowest BCUT2D eigenvalue weighted by Gasteiger charge is -2.40. The van der Waals surface area contributed by atoms with Gasteiger partial charge in [-0.25, -0.2) is 4.98 Å². The second-order valence-electron chi connectivity index (χ2n) is 6.45. The SMILES string of the molecule is CN(CCN1CCCC2=CC=C(N)CC21)CCn1ccnc1. The van der Waals surface area contributed by atoms with E-state index in [1.165, 1.54) is 19.4 Å². The number of nitrogens with zero attached hydrogens (tertiary/aromatic N) is 4. The van der Waals surface area contributed by atoms with Crippen molar-refractivity contribution in [2.45, 2.75) is 31.8 Å². The first kappa shape index (κ1) is 15.3. The molecule has 1 aromatic rings. The molecule has 0 radical (unpaired) electrons. The molecule has 0 saturated carbocycles. The predicted octanol–water partition coefficient (Wildman–Crippen LogP) is 1.45. The quantitative estimate of drug-likeness (QED) is 0.864. The second-order valence-corrected chi connectivity index (χ2v) is 6.45. The van der Waals surface area contributed by atoms with Crippen LogP contribution in [0, 0.1) is 0 Å². The Hall–Kier alpha value is -1.59. The Morgan fingerprint density at radius 2 is 2.18 bits per heavy atom. The number of allylic oxidation sites excluding steroid dienone is 2. The Balaban J connectivity index is 1.46. The molecule has 0 bridgehead atoms. The fourth-order valence-corrected chi connectivity index (χ4v) is 3.39. The lowest BCUT2D eigenvalue weighted by atomic mass is 9.88. The van der Waals surface area contributed by atoms with Crippen molar-refractivity contribution >= 4 is 0 Å². The third kappa shape index (κ3) is 3.78. The average molecular weight is 301 g/mol. The summed E-state index contributed by atoms with van der Waals surface area (Å²) in [7, 11) is 2.20. The molecule has 1 atom stereocenters. The lowest BCUT2D eigenvalue weighted by Crippen LogP contribution is -2.46. The summed E-state index contributed by atoms with van der Waals surface area (Å²) in [4.78, 5) is 9.10. The van der Waals surface area contributed by atoms with Crippen LogP contribution in [0.25, 0.3) is 0 Å². The van der Waals surface area contributed by atoms with Crippen LogP contribution >= 0.6 is 0 Å². The molecule has 2 heterocycles. The van der Waals surface area contributed by atoms with Crippen LogP contribution in [0.1, 0.15) is 19.3 Å². The molecule has 1 aliphatic carbocycles. The highest BCUT2D eigenvalue weighted by molar-refractivity contribution is 5.29. The number of nitrogens with two attached hydrogens (primary N) is 1. The molecule has 3 rings (SSSR count). The number of imidazole rings is 1. The van der Waals surface area contributed by atoms with Crippen molar-refractivity contribution in [1.29, 1.82) is 0 Å². The summed E-state index contributed by atoms with van der Waals surface area (Å²) >= 11 is 0. The number of likely N-dealkylation sites (N-methyl/N-ethyl adjacent to an activating group) is 1. The maximum atomic E-state index is 6.03. The van der Waals surface area contributed by atoms with Gasteiger partial charge in [0.05, 0.1) is 6.33 Å². The van der Waals surface area contributed by atoms with Crippen molar-refractivity contribution in [2.75, 3.05) is 33.2 Å². The van der Waals surface area contributed by atoms with Crippen LogP contribution in [-0.4, -0.2) is 58.6 Å². The number of aromatic nitrogens is 2. The van der Waals surface area contributed by atoms with Crippen molar-refractivity contribution < 1.29 is 0 Å². The molecule has 2 N–H and O–H groups in total. The number of hydrogen-bond donors (Lipinski definition) is 1. The van der Waals surface area contributed by atoms with Gasteiger partial charge in [-0.15, -0.1) is 0 Å². The van der Waals surface area contributed by atoms with Crippen molar-refractivity contribution in [2.24, 2.45) is 5.73 Å². The van der Waals surface area contributed by atoms with Crippen molar-refractivity contribution in [3.63, 3.8) is 0 Å². The zero-order valence-electron chi connectivity index (χ0n) is 13.5. The fraction of sp³-hybridized carbons (Fsp3) is 0.588. The van der Waals surface area contributed by atoms with Gasteiger partial charge in [-0.05, 0) is 32.5 Å². The Kier molecular flexibility index (Phi) is 4.95. The van der Waals surface area contributed by atoms with Gasteiger partial charge in [0.15, 0.2) is 0 Å². The number of likely N-dealkylation sites (tertiary alicyclic amines) is 1. The van der Waals surface area contributed by atoms with Gasteiger partial charge in [0.25, 0.3) is 0 Å². The summed E-state index contributed by atoms with van der Waals surface area (Å²) in [5.41, 5.74) is 8.63. The van der Waals surface area contributed by atoms with Crippen molar-refractivity contribution in [1.82, 2.24) is 19.4 Å². The zero-order chi connectivity index (χ0) is 15.4. The van der Waals surface area contributed by atoms with Gasteiger partial charge in [0.2, 0.25) is 0 Å². The summed E-state index contributed by atoms with van der Waals surface area (Å²) in [5.74, 6) is 0. The monoisotopic (exact) mass is 301 g/mol. The maximum absolute atomic E-state index is 6.03. The molecule has 0 amide bonds. The van der Waals surface area contributed by atoms with Crippen LogP contribution < -0.4 is 5.73 Å². The van der Waals surface area contributed by atoms with Crippen LogP contribution in [0.3, 0.4) is 0 Å². The van der Waals surface area contributed by atoms with Gasteiger partial charge in [0.1, 0.15) is 0 Å². The summed E-state index contributed by atoms with van der Waals surface area (Å²) < 4.78 is 2.13. The van der Waals surface area contributed by atoms with E-state index in [1.54, 1.807) is 5.57 Å². The fourth-order valence-electron chi connectivity index (χ4n) is 3.39. The summed E-state index contributed by atoms with van der Waals surface area (Å²) in [6, 6.07) is 0.542. The Labute approximate surface area is 133 Å². The lowest BCUT2D eigenvalue weighted by molar-refractivity contribution is 0.163. The van der Waals surface area contributed by atoms with Gasteiger partial charge in [0, 0.05) is 56.7 Å². The summed E-state index contributed by atoms with van der Waals surface area (Å²) in [6.45, 7) is 5.48. The number of hydrogen-bond acceptors (Lipinski definition) is 4. The first-order valence-corrected chi connectivity index (χ1v) is 8.26. The average Bonchev–Trinajstić information content (AvgIpc) is 3.04. The third-order valence-electron chi connectivity index (χ3n) is 4.79. The molecule has 1 unspecified atom stereocenters. The minimum atomic E-state index is 0.542. The van der Waals surface area contributed by atoms with Gasteiger partial charge in [-0.3, -0.25) is 4.90 Å². The molecule has 5 nitrogen and oxygen atoms in total. The highest BCUT2D eigenvalue weighted by Gasteiger charge is 2.28. The molecule has 5 heteroatoms. The normalized spacial score (nSPS) is 22.4. The molecule has 2 aliphatic rings. The van der Waals surface area contributed by atoms with Gasteiger partial charge >= 0.3 is 0 Å². The number of piperidine rings is 1. The molecule has 0 spiro atoms. The molecule has 1 saturated heterocycles. The highest BCUT2D eigenvalue weighted by Crippen LogP contribution is 2.29. The highest BCUT2D eigenvalue weighted by atomic mass is 15.2. The minimum absolute atomic E-state index is 0.542. The van der Waals surface area contributed by atoms with Crippen LogP contribution in [-0.2, 0) is 6.54 Å². The van der Waals surface area contributed by atoms with E-state index < -0.39 is 0 Å². The molecule has 1 aliphatic heterocycles. The molecule has 22 heavy (non-hydrogen) atoms. The second kappa shape index (κ2) is 7.11. The molecule has 120 valence electrons. The first-order valence-electron chi connectivity index (χ1n) is 8.26. The predicted molar refractivity (Wildman–Crippen MR) is 89.3 cm³/mol. The Morgan fingerprint density at radius 3 is 3.00 bits per heavy atom. The van der Waals surface area contributed by atoms with E-state index in [-0.39, 0.29) is 0 Å². The van der Waals surface area contributed by atoms with Crippen LogP contribution in [0.15, 0.2) is 42.1 Å². The van der Waals surface area contributed by atoms with Crippen molar-refractivity contribution in [3.05, 3.63) is 42.1 Å². The standard InChI is InChI=1S/C17H27N5/c1-20(9-11-21-8-6-19-14-21)10-12-22-7-2-3-15-4-5-16(18)13-17(15)22/h4-6,8,14,17H,2-3,7,9-13,18H2,1H3. The first-order chi connectivity index (χ1) is 10.7. The third-order valence-corrected chi connectivity index (χ3v) is 4.79. The summed E-state index contributed by atoms with van der Waals surface area (Å²) in [5, 5.41) is 0. The van der Waals surface area contributed by atoms with E-state index in [1.807, 2.05) is 18.7 Å². The Morgan fingerprint density at radius 1 is 1.32 bits per heavy atom. The minimum Gasteiger partial charge on any atom is -0.402 e.